The summed E-state index contributed by atoms with van der Waals surface area (Å²) in [5.41, 5.74) is 7.25. The Hall–Kier alpha value is -1.22. The van der Waals surface area contributed by atoms with Gasteiger partial charge in [0, 0.05) is 30.8 Å². The van der Waals surface area contributed by atoms with Crippen LogP contribution in [0.3, 0.4) is 0 Å². The molecule has 0 atom stereocenters. The van der Waals surface area contributed by atoms with Gasteiger partial charge in [-0.3, -0.25) is 9.78 Å². The lowest BCUT2D eigenvalue weighted by molar-refractivity contribution is -0.121. The molecule has 1 heterocycles. The Morgan fingerprint density at radius 1 is 1.50 bits per heavy atom. The average molecular weight is 192 g/mol. The van der Waals surface area contributed by atoms with Crippen LogP contribution in [0.2, 0.25) is 0 Å². The van der Waals surface area contributed by atoms with Crippen molar-refractivity contribution >= 4 is 5.78 Å². The number of pyridine rings is 1. The molecule has 3 heteroatoms. The number of Topliss-reactive ketones (excluding diaryl/α,β-unsaturated/α-hetero) is 1. The summed E-state index contributed by atoms with van der Waals surface area (Å²) >= 11 is 0. The number of ketones is 1. The molecule has 0 aliphatic heterocycles. The van der Waals surface area contributed by atoms with E-state index in [4.69, 9.17) is 5.73 Å². The molecular formula is C11H16N2O. The highest BCUT2D eigenvalue weighted by atomic mass is 16.1. The molecule has 0 bridgehead atoms. The zero-order chi connectivity index (χ0) is 10.6. The van der Waals surface area contributed by atoms with Crippen molar-refractivity contribution in [2.75, 3.05) is 0 Å². The third-order valence-electron chi connectivity index (χ3n) is 2.12. The predicted molar refractivity (Wildman–Crippen MR) is 55.7 cm³/mol. The molecule has 2 N–H and O–H groups in total. The maximum atomic E-state index is 11.4. The Balaban J connectivity index is 2.64. The minimum Gasteiger partial charge on any atom is -0.326 e. The normalized spacial score (nSPS) is 10.6. The van der Waals surface area contributed by atoms with Crippen LogP contribution in [0.15, 0.2) is 18.3 Å². The molecule has 0 aliphatic carbocycles. The topological polar surface area (TPSA) is 56.0 Å². The van der Waals surface area contributed by atoms with Crippen molar-refractivity contribution in [2.45, 2.75) is 26.8 Å². The SMILES string of the molecule is CC(C)C(=O)Cc1ccc(CN)cn1. The van der Waals surface area contributed by atoms with Crippen LogP contribution in [0.4, 0.5) is 0 Å². The van der Waals surface area contributed by atoms with E-state index in [1.807, 2.05) is 26.0 Å². The second kappa shape index (κ2) is 4.86. The Labute approximate surface area is 84.3 Å². The second-order valence-electron chi connectivity index (χ2n) is 3.66. The molecule has 0 saturated carbocycles. The second-order valence-corrected chi connectivity index (χ2v) is 3.66. The fourth-order valence-corrected chi connectivity index (χ4v) is 1.06. The molecule has 1 aromatic heterocycles. The first-order valence-electron chi connectivity index (χ1n) is 4.80. The molecule has 14 heavy (non-hydrogen) atoms. The predicted octanol–water partition coefficient (Wildman–Crippen LogP) is 1.31. The van der Waals surface area contributed by atoms with Crippen LogP contribution in [0.25, 0.3) is 0 Å². The Kier molecular flexibility index (Phi) is 3.77. The van der Waals surface area contributed by atoms with Crippen molar-refractivity contribution < 1.29 is 4.79 Å². The van der Waals surface area contributed by atoms with E-state index >= 15 is 0 Å². The van der Waals surface area contributed by atoms with Gasteiger partial charge in [-0.15, -0.1) is 0 Å². The lowest BCUT2D eigenvalue weighted by atomic mass is 10.0. The first-order valence-corrected chi connectivity index (χ1v) is 4.80. The Morgan fingerprint density at radius 2 is 2.21 bits per heavy atom. The highest BCUT2D eigenvalue weighted by molar-refractivity contribution is 5.82. The maximum absolute atomic E-state index is 11.4. The molecule has 0 aromatic carbocycles. The fraction of sp³-hybridized carbons (Fsp3) is 0.455. The highest BCUT2D eigenvalue weighted by Gasteiger charge is 2.08. The summed E-state index contributed by atoms with van der Waals surface area (Å²) in [4.78, 5) is 15.6. The molecule has 1 aromatic rings. The number of hydrogen-bond acceptors (Lipinski definition) is 3. The molecule has 0 unspecified atom stereocenters. The molecule has 0 fully saturated rings. The van der Waals surface area contributed by atoms with Gasteiger partial charge in [0.05, 0.1) is 0 Å². The number of carbonyl (C=O) groups is 1. The minimum absolute atomic E-state index is 0.0750. The minimum atomic E-state index is 0.0750. The van der Waals surface area contributed by atoms with E-state index in [0.29, 0.717) is 13.0 Å². The first kappa shape index (κ1) is 10.9. The summed E-state index contributed by atoms with van der Waals surface area (Å²) in [6.45, 7) is 4.29. The number of nitrogens with two attached hydrogens (primary N) is 1. The molecule has 0 aliphatic rings. The molecule has 76 valence electrons. The van der Waals surface area contributed by atoms with Gasteiger partial charge in [-0.1, -0.05) is 19.9 Å². The number of hydrogen-bond donors (Lipinski definition) is 1. The molecule has 1 rings (SSSR count). The van der Waals surface area contributed by atoms with Crippen LogP contribution in [0.5, 0.6) is 0 Å². The van der Waals surface area contributed by atoms with Crippen molar-refractivity contribution in [3.05, 3.63) is 29.6 Å². The van der Waals surface area contributed by atoms with Crippen molar-refractivity contribution in [3.8, 4) is 0 Å². The van der Waals surface area contributed by atoms with Gasteiger partial charge in [0.1, 0.15) is 5.78 Å². The van der Waals surface area contributed by atoms with Crippen molar-refractivity contribution in [2.24, 2.45) is 11.7 Å². The van der Waals surface area contributed by atoms with E-state index in [1.165, 1.54) is 0 Å². The van der Waals surface area contributed by atoms with Crippen LogP contribution >= 0.6 is 0 Å². The van der Waals surface area contributed by atoms with Crippen molar-refractivity contribution in [3.63, 3.8) is 0 Å². The van der Waals surface area contributed by atoms with E-state index in [-0.39, 0.29) is 11.7 Å². The van der Waals surface area contributed by atoms with Crippen LogP contribution in [0, 0.1) is 5.92 Å². The number of nitrogens with zero attached hydrogens (tertiary/aromatic N) is 1. The third-order valence-corrected chi connectivity index (χ3v) is 2.12. The van der Waals surface area contributed by atoms with Gasteiger partial charge in [0.15, 0.2) is 0 Å². The van der Waals surface area contributed by atoms with Gasteiger partial charge in [-0.2, -0.15) is 0 Å². The van der Waals surface area contributed by atoms with E-state index in [2.05, 4.69) is 4.98 Å². The van der Waals surface area contributed by atoms with E-state index in [9.17, 15) is 4.79 Å². The zero-order valence-corrected chi connectivity index (χ0v) is 8.66. The number of aromatic nitrogens is 1. The van der Waals surface area contributed by atoms with Gasteiger partial charge in [0.25, 0.3) is 0 Å². The lowest BCUT2D eigenvalue weighted by Gasteiger charge is -2.03. The molecule has 0 saturated heterocycles. The average Bonchev–Trinajstić information content (AvgIpc) is 2.19. The van der Waals surface area contributed by atoms with E-state index < -0.39 is 0 Å². The summed E-state index contributed by atoms with van der Waals surface area (Å²) in [6.07, 6.45) is 2.14. The standard InChI is InChI=1S/C11H16N2O/c1-8(2)11(14)5-10-4-3-9(6-12)7-13-10/h3-4,7-8H,5-6,12H2,1-2H3. The van der Waals surface area contributed by atoms with Gasteiger partial charge in [0.2, 0.25) is 0 Å². The highest BCUT2D eigenvalue weighted by Crippen LogP contribution is 2.04. The van der Waals surface area contributed by atoms with Crippen LogP contribution < -0.4 is 5.73 Å². The van der Waals surface area contributed by atoms with Gasteiger partial charge in [-0.05, 0) is 11.6 Å². The molecule has 0 spiro atoms. The van der Waals surface area contributed by atoms with Crippen molar-refractivity contribution in [1.29, 1.82) is 0 Å². The van der Waals surface area contributed by atoms with E-state index in [1.54, 1.807) is 6.20 Å². The summed E-state index contributed by atoms with van der Waals surface area (Å²) in [5, 5.41) is 0. The Bertz CT molecular complexity index is 304. The van der Waals surface area contributed by atoms with Crippen molar-refractivity contribution in [1.82, 2.24) is 4.98 Å². The van der Waals surface area contributed by atoms with E-state index in [0.717, 1.165) is 11.3 Å². The summed E-state index contributed by atoms with van der Waals surface area (Å²) in [7, 11) is 0. The fourth-order valence-electron chi connectivity index (χ4n) is 1.06. The molecular weight excluding hydrogens is 176 g/mol. The number of carbonyl (C=O) groups excluding carboxylic acids is 1. The molecule has 0 amide bonds. The van der Waals surface area contributed by atoms with Gasteiger partial charge < -0.3 is 5.73 Å². The van der Waals surface area contributed by atoms with Gasteiger partial charge >= 0.3 is 0 Å². The molecule has 3 nitrogen and oxygen atoms in total. The summed E-state index contributed by atoms with van der Waals surface area (Å²) < 4.78 is 0. The van der Waals surface area contributed by atoms with Crippen LogP contribution in [-0.4, -0.2) is 10.8 Å². The first-order chi connectivity index (χ1) is 6.63. The number of rotatable bonds is 4. The van der Waals surface area contributed by atoms with Crippen LogP contribution in [0.1, 0.15) is 25.1 Å². The quantitative estimate of drug-likeness (QED) is 0.782. The molecule has 0 radical (unpaired) electrons. The summed E-state index contributed by atoms with van der Waals surface area (Å²) in [5.74, 6) is 0.295. The monoisotopic (exact) mass is 192 g/mol. The van der Waals surface area contributed by atoms with Gasteiger partial charge in [-0.25, -0.2) is 0 Å². The van der Waals surface area contributed by atoms with Crippen LogP contribution in [-0.2, 0) is 17.8 Å². The maximum Gasteiger partial charge on any atom is 0.141 e. The Morgan fingerprint density at radius 3 is 2.64 bits per heavy atom. The zero-order valence-electron chi connectivity index (χ0n) is 8.66. The lowest BCUT2D eigenvalue weighted by Crippen LogP contribution is -2.11. The summed E-state index contributed by atoms with van der Waals surface area (Å²) in [6, 6.07) is 3.78. The smallest absolute Gasteiger partial charge is 0.141 e. The third kappa shape index (κ3) is 2.92. The largest absolute Gasteiger partial charge is 0.326 e.